The molecule has 198 valence electrons. The van der Waals surface area contributed by atoms with Gasteiger partial charge in [-0.25, -0.2) is 4.98 Å². The van der Waals surface area contributed by atoms with E-state index in [2.05, 4.69) is 4.98 Å². The summed E-state index contributed by atoms with van der Waals surface area (Å²) >= 11 is 6.47. The van der Waals surface area contributed by atoms with E-state index in [1.165, 1.54) is 6.08 Å². The van der Waals surface area contributed by atoms with E-state index in [0.29, 0.717) is 61.4 Å². The summed E-state index contributed by atoms with van der Waals surface area (Å²) in [5.74, 6) is 1.01. The van der Waals surface area contributed by atoms with Gasteiger partial charge in [-0.05, 0) is 85.5 Å². The Morgan fingerprint density at radius 3 is 2.58 bits per heavy atom. The Bertz CT molecular complexity index is 1300. The number of amides is 1. The molecule has 7 nitrogen and oxygen atoms in total. The summed E-state index contributed by atoms with van der Waals surface area (Å²) in [5.41, 5.74) is 8.56. The number of halogens is 1. The van der Waals surface area contributed by atoms with Gasteiger partial charge in [0.1, 0.15) is 11.6 Å². The summed E-state index contributed by atoms with van der Waals surface area (Å²) in [6.45, 7) is 6.06. The Morgan fingerprint density at radius 1 is 1.13 bits per heavy atom. The number of carbonyl (C=O) groups is 2. The summed E-state index contributed by atoms with van der Waals surface area (Å²) in [5, 5.41) is 0.486. The van der Waals surface area contributed by atoms with Crippen LogP contribution in [-0.2, 0) is 9.53 Å². The summed E-state index contributed by atoms with van der Waals surface area (Å²) in [6.07, 6.45) is 5.80. The van der Waals surface area contributed by atoms with Gasteiger partial charge < -0.3 is 20.1 Å². The maximum absolute atomic E-state index is 13.0. The lowest BCUT2D eigenvalue weighted by Crippen LogP contribution is -2.55. The van der Waals surface area contributed by atoms with Crippen LogP contribution in [0.5, 0.6) is 5.75 Å². The van der Waals surface area contributed by atoms with Crippen LogP contribution in [-0.4, -0.2) is 53.5 Å². The minimum atomic E-state index is -0.337. The first-order valence-electron chi connectivity index (χ1n) is 12.6. The predicted molar refractivity (Wildman–Crippen MR) is 150 cm³/mol. The largest absolute Gasteiger partial charge is 0.492 e. The molecule has 1 aromatic heterocycles. The van der Waals surface area contributed by atoms with Gasteiger partial charge >= 0.3 is 0 Å². The van der Waals surface area contributed by atoms with Crippen molar-refractivity contribution in [3.8, 4) is 16.9 Å². The number of nitrogens with two attached hydrogens (primary N) is 1. The minimum Gasteiger partial charge on any atom is -0.492 e. The van der Waals surface area contributed by atoms with Crippen LogP contribution in [0, 0.1) is 0 Å². The molecule has 1 amide bonds. The highest BCUT2D eigenvalue weighted by molar-refractivity contribution is 6.32. The van der Waals surface area contributed by atoms with Crippen LogP contribution < -0.4 is 10.5 Å². The molecule has 0 unspecified atom stereocenters. The first kappa shape index (κ1) is 27.4. The summed E-state index contributed by atoms with van der Waals surface area (Å²) in [4.78, 5) is 31.0. The van der Waals surface area contributed by atoms with Crippen LogP contribution in [0.15, 0.2) is 66.9 Å². The van der Waals surface area contributed by atoms with E-state index < -0.39 is 0 Å². The van der Waals surface area contributed by atoms with Crippen molar-refractivity contribution in [1.82, 2.24) is 9.88 Å². The molecule has 0 bridgehead atoms. The van der Waals surface area contributed by atoms with E-state index in [0.717, 1.165) is 16.7 Å². The van der Waals surface area contributed by atoms with Crippen molar-refractivity contribution in [2.75, 3.05) is 32.1 Å². The molecule has 38 heavy (non-hydrogen) atoms. The van der Waals surface area contributed by atoms with Crippen molar-refractivity contribution in [2.24, 2.45) is 0 Å². The lowest BCUT2D eigenvalue weighted by Gasteiger charge is -2.42. The number of rotatable bonds is 9. The number of morpholine rings is 1. The van der Waals surface area contributed by atoms with E-state index in [4.69, 9.17) is 26.8 Å². The number of ether oxygens (including phenoxy) is 2. The molecule has 0 radical (unpaired) electrons. The molecule has 1 aliphatic heterocycles. The fourth-order valence-corrected chi connectivity index (χ4v) is 4.44. The first-order chi connectivity index (χ1) is 18.2. The Balaban J connectivity index is 1.28. The van der Waals surface area contributed by atoms with Gasteiger partial charge in [0.15, 0.2) is 5.78 Å². The minimum absolute atomic E-state index is 0.00265. The van der Waals surface area contributed by atoms with Crippen LogP contribution in [0.2, 0.25) is 5.02 Å². The molecule has 2 N–H and O–H groups in total. The summed E-state index contributed by atoms with van der Waals surface area (Å²) in [7, 11) is 0. The second kappa shape index (κ2) is 12.2. The van der Waals surface area contributed by atoms with Crippen LogP contribution in [0.25, 0.3) is 17.2 Å². The van der Waals surface area contributed by atoms with Gasteiger partial charge in [-0.15, -0.1) is 0 Å². The molecular formula is C30H32ClN3O4. The van der Waals surface area contributed by atoms with Crippen molar-refractivity contribution >= 4 is 35.2 Å². The Kier molecular flexibility index (Phi) is 8.81. The molecule has 8 heteroatoms. The first-order valence-corrected chi connectivity index (χ1v) is 13.0. The number of carbonyl (C=O) groups excluding carboxylic acids is 2. The van der Waals surface area contributed by atoms with Crippen molar-refractivity contribution in [2.45, 2.75) is 32.2 Å². The van der Waals surface area contributed by atoms with Crippen molar-refractivity contribution < 1.29 is 19.1 Å². The number of hydrogen-bond donors (Lipinski definition) is 1. The number of allylic oxidation sites excluding steroid dienone is 1. The number of nitrogens with zero attached hydrogens (tertiary/aromatic N) is 2. The highest BCUT2D eigenvalue weighted by Crippen LogP contribution is 2.31. The number of benzene rings is 2. The number of nitrogen functional groups attached to an aromatic ring is 1. The van der Waals surface area contributed by atoms with E-state index in [1.54, 1.807) is 24.4 Å². The third kappa shape index (κ3) is 7.00. The molecular weight excluding hydrogens is 502 g/mol. The van der Waals surface area contributed by atoms with E-state index in [9.17, 15) is 9.59 Å². The highest BCUT2D eigenvalue weighted by atomic mass is 35.5. The van der Waals surface area contributed by atoms with Crippen molar-refractivity contribution in [1.29, 1.82) is 0 Å². The fraction of sp³-hybridized carbons (Fsp3) is 0.300. The number of aromatic nitrogens is 1. The molecule has 0 aliphatic carbocycles. The zero-order valence-corrected chi connectivity index (χ0v) is 22.4. The van der Waals surface area contributed by atoms with Crippen LogP contribution in [0.3, 0.4) is 0 Å². The fourth-order valence-electron chi connectivity index (χ4n) is 4.21. The Morgan fingerprint density at radius 2 is 1.89 bits per heavy atom. The zero-order valence-electron chi connectivity index (χ0n) is 21.7. The SMILES string of the molecule is CC1(C)COCCN1C(=O)c1ccc(-c2ccc(OCCCC(=O)/C=C/c3ccc(N)nc3)c(Cl)c2)cc1. The third-order valence-corrected chi connectivity index (χ3v) is 6.68. The van der Waals surface area contributed by atoms with Crippen LogP contribution in [0.1, 0.15) is 42.6 Å². The molecule has 3 aromatic rings. The average Bonchev–Trinajstić information content (AvgIpc) is 2.91. The maximum Gasteiger partial charge on any atom is 0.254 e. The van der Waals surface area contributed by atoms with Gasteiger partial charge in [0.25, 0.3) is 5.91 Å². The van der Waals surface area contributed by atoms with Gasteiger partial charge in [0, 0.05) is 24.7 Å². The quantitative estimate of drug-likeness (QED) is 0.281. The number of anilines is 1. The lowest BCUT2D eigenvalue weighted by atomic mass is 9.99. The molecule has 2 aromatic carbocycles. The van der Waals surface area contributed by atoms with Crippen molar-refractivity contribution in [3.05, 3.63) is 83.0 Å². The number of ketones is 1. The molecule has 2 heterocycles. The Hall–Kier alpha value is -3.68. The smallest absolute Gasteiger partial charge is 0.254 e. The van der Waals surface area contributed by atoms with Gasteiger partial charge in [0.2, 0.25) is 0 Å². The van der Waals surface area contributed by atoms with Gasteiger partial charge in [0.05, 0.1) is 30.4 Å². The van der Waals surface area contributed by atoms with E-state index in [1.807, 2.05) is 61.2 Å². The molecule has 0 spiro atoms. The normalized spacial score (nSPS) is 15.0. The van der Waals surface area contributed by atoms with E-state index >= 15 is 0 Å². The monoisotopic (exact) mass is 533 g/mol. The zero-order chi connectivity index (χ0) is 27.1. The average molecular weight is 534 g/mol. The standard InChI is InChI=1S/C30H32ClN3O4/c1-30(2)20-37-17-15-34(30)29(36)23-9-7-22(8-10-23)24-11-13-27(26(31)18-24)38-16-3-4-25(35)12-5-21-6-14-28(32)33-19-21/h5-14,18-19H,3-4,15-17,20H2,1-2H3,(H2,32,33)/b12-5+. The van der Waals surface area contributed by atoms with E-state index in [-0.39, 0.29) is 17.2 Å². The second-order valence-electron chi connectivity index (χ2n) is 9.81. The molecule has 1 fully saturated rings. The number of hydrogen-bond acceptors (Lipinski definition) is 6. The molecule has 4 rings (SSSR count). The predicted octanol–water partition coefficient (Wildman–Crippen LogP) is 5.68. The van der Waals surface area contributed by atoms with Crippen LogP contribution >= 0.6 is 11.6 Å². The number of pyridine rings is 1. The summed E-state index contributed by atoms with van der Waals surface area (Å²) in [6, 6.07) is 16.6. The molecule has 0 atom stereocenters. The van der Waals surface area contributed by atoms with Crippen LogP contribution in [0.4, 0.5) is 5.82 Å². The Labute approximate surface area is 228 Å². The molecule has 1 saturated heterocycles. The lowest BCUT2D eigenvalue weighted by molar-refractivity contribution is -0.114. The molecule has 1 aliphatic rings. The van der Waals surface area contributed by atoms with Gasteiger partial charge in [-0.3, -0.25) is 9.59 Å². The maximum atomic E-state index is 13.0. The second-order valence-corrected chi connectivity index (χ2v) is 10.2. The third-order valence-electron chi connectivity index (χ3n) is 6.38. The molecule has 0 saturated carbocycles. The summed E-state index contributed by atoms with van der Waals surface area (Å²) < 4.78 is 11.3. The van der Waals surface area contributed by atoms with Gasteiger partial charge in [-0.1, -0.05) is 29.8 Å². The topological polar surface area (TPSA) is 94.8 Å². The van der Waals surface area contributed by atoms with Gasteiger partial charge in [-0.2, -0.15) is 0 Å². The van der Waals surface area contributed by atoms with Crippen molar-refractivity contribution in [3.63, 3.8) is 0 Å². The highest BCUT2D eigenvalue weighted by Gasteiger charge is 2.34.